The lowest BCUT2D eigenvalue weighted by molar-refractivity contribution is -0.136. The van der Waals surface area contributed by atoms with Gasteiger partial charge in [0.15, 0.2) is 0 Å². The fraction of sp³-hybridized carbons (Fsp3) is 0.720. The number of hydrogen-bond acceptors (Lipinski definition) is 8. The van der Waals surface area contributed by atoms with Crippen molar-refractivity contribution in [3.05, 3.63) is 18.0 Å². The number of likely N-dealkylation sites (tertiary alicyclic amines) is 1. The van der Waals surface area contributed by atoms with Crippen LogP contribution in [0.4, 0.5) is 19.1 Å². The lowest BCUT2D eigenvalue weighted by atomic mass is 9.83. The summed E-state index contributed by atoms with van der Waals surface area (Å²) in [6.07, 6.45) is 2.58. The summed E-state index contributed by atoms with van der Waals surface area (Å²) in [5.41, 5.74) is 1.57. The quantitative estimate of drug-likeness (QED) is 0.515. The number of hydrogen-bond donors (Lipinski definition) is 2. The second-order valence-corrected chi connectivity index (χ2v) is 10.00. The highest BCUT2D eigenvalue weighted by Crippen LogP contribution is 2.38. The Morgan fingerprint density at radius 2 is 1.83 bits per heavy atom. The van der Waals surface area contributed by atoms with E-state index in [9.17, 15) is 18.3 Å². The van der Waals surface area contributed by atoms with Crippen molar-refractivity contribution in [2.24, 2.45) is 0 Å². The summed E-state index contributed by atoms with van der Waals surface area (Å²) >= 11 is 0. The normalized spacial score (nSPS) is 23.1. The molecule has 1 aliphatic carbocycles. The number of ether oxygens (including phenoxy) is 2. The highest BCUT2D eigenvalue weighted by Gasteiger charge is 2.31. The predicted molar refractivity (Wildman–Crippen MR) is 130 cm³/mol. The highest BCUT2D eigenvalue weighted by molar-refractivity contribution is 5.86. The van der Waals surface area contributed by atoms with Crippen LogP contribution in [0.3, 0.4) is 0 Å². The Kier molecular flexibility index (Phi) is 8.84. The van der Waals surface area contributed by atoms with Crippen molar-refractivity contribution < 1.29 is 27.8 Å². The molecule has 2 aromatic heterocycles. The van der Waals surface area contributed by atoms with E-state index < -0.39 is 18.6 Å². The first kappa shape index (κ1) is 26.8. The van der Waals surface area contributed by atoms with Crippen molar-refractivity contribution in [1.29, 1.82) is 0 Å². The van der Waals surface area contributed by atoms with E-state index in [4.69, 9.17) is 9.47 Å². The van der Waals surface area contributed by atoms with Crippen molar-refractivity contribution in [3.8, 4) is 5.88 Å². The smallest absolute Gasteiger partial charge is 0.391 e. The molecular formula is C25H36F3N5O3. The van der Waals surface area contributed by atoms with E-state index in [0.29, 0.717) is 36.2 Å². The first-order valence-corrected chi connectivity index (χ1v) is 12.8. The van der Waals surface area contributed by atoms with Crippen LogP contribution in [-0.4, -0.2) is 82.7 Å². The van der Waals surface area contributed by atoms with Gasteiger partial charge in [0.05, 0.1) is 30.0 Å². The number of fused-ring (bicyclic) bond motifs is 1. The van der Waals surface area contributed by atoms with E-state index in [1.54, 1.807) is 19.5 Å². The molecule has 2 N–H and O–H groups in total. The fourth-order valence-corrected chi connectivity index (χ4v) is 5.11. The van der Waals surface area contributed by atoms with Gasteiger partial charge >= 0.3 is 6.18 Å². The zero-order chi connectivity index (χ0) is 25.7. The number of alkyl halides is 3. The molecule has 1 saturated carbocycles. The highest BCUT2D eigenvalue weighted by atomic mass is 19.4. The number of nitrogens with zero attached hydrogens (tertiary/aromatic N) is 4. The number of piperidine rings is 1. The van der Waals surface area contributed by atoms with E-state index in [-0.39, 0.29) is 24.1 Å². The standard InChI is InChI=1S/C25H36F3N5O3/c1-16(13-25(26,27)28)31-24-30-15-21-22(32-24)20(17-3-5-18(34)6-4-17)14-29-23(21)36-19-7-9-33(10-8-19)11-12-35-2/h14-19,34H,3-13H2,1-2H3,(H,30,31,32)/t16-,17?,18?/m0/s1. The largest absolute Gasteiger partial charge is 0.474 e. The fourth-order valence-electron chi connectivity index (χ4n) is 5.11. The van der Waals surface area contributed by atoms with Crippen LogP contribution in [-0.2, 0) is 4.74 Å². The molecule has 0 aromatic carbocycles. The topological polar surface area (TPSA) is 92.6 Å². The Hall–Kier alpha value is -2.24. The van der Waals surface area contributed by atoms with E-state index in [0.717, 1.165) is 50.9 Å². The predicted octanol–water partition coefficient (Wildman–Crippen LogP) is 4.29. The van der Waals surface area contributed by atoms with Gasteiger partial charge in [-0.3, -0.25) is 0 Å². The van der Waals surface area contributed by atoms with Gasteiger partial charge in [-0.2, -0.15) is 13.2 Å². The molecular weight excluding hydrogens is 475 g/mol. The van der Waals surface area contributed by atoms with Crippen LogP contribution >= 0.6 is 0 Å². The Morgan fingerprint density at radius 3 is 2.50 bits per heavy atom. The van der Waals surface area contributed by atoms with Gasteiger partial charge in [-0.05, 0) is 51.4 Å². The molecule has 2 aromatic rings. The van der Waals surface area contributed by atoms with E-state index in [2.05, 4.69) is 25.2 Å². The summed E-state index contributed by atoms with van der Waals surface area (Å²) in [5, 5.41) is 13.4. The summed E-state index contributed by atoms with van der Waals surface area (Å²) in [5.74, 6) is 0.770. The average Bonchev–Trinajstić information content (AvgIpc) is 2.83. The maximum atomic E-state index is 12.8. The number of rotatable bonds is 9. The van der Waals surface area contributed by atoms with Gasteiger partial charge in [0.2, 0.25) is 11.8 Å². The molecule has 0 spiro atoms. The minimum atomic E-state index is -4.28. The van der Waals surface area contributed by atoms with Gasteiger partial charge in [-0.15, -0.1) is 0 Å². The molecule has 1 aliphatic heterocycles. The number of aliphatic hydroxyl groups excluding tert-OH is 1. The molecule has 36 heavy (non-hydrogen) atoms. The summed E-state index contributed by atoms with van der Waals surface area (Å²) in [6, 6.07) is -0.864. The van der Waals surface area contributed by atoms with Crippen molar-refractivity contribution >= 4 is 16.9 Å². The van der Waals surface area contributed by atoms with Crippen LogP contribution in [0.15, 0.2) is 12.4 Å². The number of methoxy groups -OCH3 is 1. The monoisotopic (exact) mass is 511 g/mol. The average molecular weight is 512 g/mol. The maximum absolute atomic E-state index is 12.8. The third kappa shape index (κ3) is 7.17. The summed E-state index contributed by atoms with van der Waals surface area (Å²) < 4.78 is 50.0. The summed E-state index contributed by atoms with van der Waals surface area (Å²) in [4.78, 5) is 15.9. The lowest BCUT2D eigenvalue weighted by Gasteiger charge is -2.32. The van der Waals surface area contributed by atoms with Crippen LogP contribution in [0, 0.1) is 0 Å². The Morgan fingerprint density at radius 1 is 1.11 bits per heavy atom. The Bertz CT molecular complexity index is 993. The number of nitrogens with one attached hydrogen (secondary N) is 1. The second kappa shape index (κ2) is 11.9. The van der Waals surface area contributed by atoms with Crippen LogP contribution in [0.1, 0.15) is 63.4 Å². The second-order valence-electron chi connectivity index (χ2n) is 10.00. The number of aliphatic hydroxyl groups is 1. The number of pyridine rings is 1. The lowest BCUT2D eigenvalue weighted by Crippen LogP contribution is -2.39. The van der Waals surface area contributed by atoms with Gasteiger partial charge < -0.3 is 24.8 Å². The molecule has 2 fully saturated rings. The van der Waals surface area contributed by atoms with Gasteiger partial charge in [0.1, 0.15) is 6.10 Å². The number of aromatic nitrogens is 3. The molecule has 0 amide bonds. The van der Waals surface area contributed by atoms with Crippen molar-refractivity contribution in [1.82, 2.24) is 19.9 Å². The molecule has 1 saturated heterocycles. The molecule has 11 heteroatoms. The third-order valence-corrected chi connectivity index (χ3v) is 7.09. The maximum Gasteiger partial charge on any atom is 0.391 e. The third-order valence-electron chi connectivity index (χ3n) is 7.09. The Labute approximate surface area is 209 Å². The van der Waals surface area contributed by atoms with Gasteiger partial charge in [-0.1, -0.05) is 0 Å². The molecule has 1 atom stereocenters. The molecule has 0 bridgehead atoms. The number of anilines is 1. The van der Waals surface area contributed by atoms with Gasteiger partial charge in [0, 0.05) is 50.7 Å². The zero-order valence-electron chi connectivity index (χ0n) is 20.9. The van der Waals surface area contributed by atoms with E-state index in [1.807, 2.05) is 0 Å². The number of halogens is 3. The minimum Gasteiger partial charge on any atom is -0.474 e. The minimum absolute atomic E-state index is 0.0137. The van der Waals surface area contributed by atoms with E-state index in [1.165, 1.54) is 6.92 Å². The SMILES string of the molecule is COCCN1CCC(Oc2ncc(C3CCC(O)CC3)c3nc(N[C@@H](C)CC(F)(F)F)ncc23)CC1. The molecule has 3 heterocycles. The first-order chi connectivity index (χ1) is 17.2. The van der Waals surface area contributed by atoms with E-state index >= 15 is 0 Å². The van der Waals surface area contributed by atoms with Gasteiger partial charge in [0.25, 0.3) is 0 Å². The Balaban J connectivity index is 1.56. The molecule has 2 aliphatic rings. The zero-order valence-corrected chi connectivity index (χ0v) is 20.9. The molecule has 4 rings (SSSR count). The van der Waals surface area contributed by atoms with Crippen molar-refractivity contribution in [2.75, 3.05) is 38.7 Å². The summed E-state index contributed by atoms with van der Waals surface area (Å²) in [7, 11) is 1.70. The molecule has 200 valence electrons. The van der Waals surface area contributed by atoms with Crippen LogP contribution in [0.5, 0.6) is 5.88 Å². The first-order valence-electron chi connectivity index (χ1n) is 12.8. The van der Waals surface area contributed by atoms with Crippen LogP contribution in [0.2, 0.25) is 0 Å². The molecule has 0 unspecified atom stereocenters. The summed E-state index contributed by atoms with van der Waals surface area (Å²) in [6.45, 7) is 4.88. The van der Waals surface area contributed by atoms with Crippen molar-refractivity contribution in [3.63, 3.8) is 0 Å². The van der Waals surface area contributed by atoms with Crippen LogP contribution in [0.25, 0.3) is 10.9 Å². The molecule has 8 nitrogen and oxygen atoms in total. The van der Waals surface area contributed by atoms with Crippen LogP contribution < -0.4 is 10.1 Å². The molecule has 0 radical (unpaired) electrons. The van der Waals surface area contributed by atoms with Crippen molar-refractivity contribution in [2.45, 2.75) is 82.2 Å². The van der Waals surface area contributed by atoms with Gasteiger partial charge in [-0.25, -0.2) is 15.0 Å².